The van der Waals surface area contributed by atoms with Crippen molar-refractivity contribution in [3.63, 3.8) is 0 Å². The number of para-hydroxylation sites is 1. The maximum absolute atomic E-state index is 15.6. The van der Waals surface area contributed by atoms with Crippen molar-refractivity contribution in [2.75, 3.05) is 0 Å². The van der Waals surface area contributed by atoms with Crippen LogP contribution < -0.4 is 4.74 Å². The van der Waals surface area contributed by atoms with Gasteiger partial charge >= 0.3 is 18.2 Å². The van der Waals surface area contributed by atoms with Gasteiger partial charge in [0.15, 0.2) is 5.60 Å². The molecular formula is C20H20ClF3O4. The van der Waals surface area contributed by atoms with Crippen LogP contribution in [0.1, 0.15) is 32.3 Å². The SMILES string of the molecule is CCC(CC)(OC(F)(c1ccccc1Oc1ccc(Cl)cc1)C(F)F)C(=O)O. The smallest absolute Gasteiger partial charge is 0.336 e. The molecule has 0 radical (unpaired) electrons. The summed E-state index contributed by atoms with van der Waals surface area (Å²) >= 11 is 5.80. The van der Waals surface area contributed by atoms with E-state index in [-0.39, 0.29) is 24.3 Å². The summed E-state index contributed by atoms with van der Waals surface area (Å²) in [5.41, 5.74) is -2.72. The maximum atomic E-state index is 15.6. The number of hydrogen-bond donors (Lipinski definition) is 1. The number of alkyl halides is 3. The number of hydrogen-bond acceptors (Lipinski definition) is 3. The van der Waals surface area contributed by atoms with Gasteiger partial charge in [-0.3, -0.25) is 0 Å². The molecule has 152 valence electrons. The Bertz CT molecular complexity index is 809. The first kappa shape index (κ1) is 22.0. The summed E-state index contributed by atoms with van der Waals surface area (Å²) in [6.07, 6.45) is -4.05. The standard InChI is InChI=1S/C20H20ClF3O4/c1-3-19(4-2,18(25)26)28-20(24,17(22)23)15-7-5-6-8-16(15)27-14-11-9-13(21)10-12-14/h5-12,17H,3-4H2,1-2H3,(H,25,26). The van der Waals surface area contributed by atoms with E-state index in [0.29, 0.717) is 5.02 Å². The normalized spacial score (nSPS) is 14.0. The summed E-state index contributed by atoms with van der Waals surface area (Å²) < 4.78 is 53.8. The predicted molar refractivity (Wildman–Crippen MR) is 98.8 cm³/mol. The minimum Gasteiger partial charge on any atom is -0.479 e. The van der Waals surface area contributed by atoms with Crippen LogP contribution in [0.25, 0.3) is 0 Å². The second-order valence-electron chi connectivity index (χ2n) is 6.11. The van der Waals surface area contributed by atoms with E-state index < -0.39 is 29.4 Å². The quantitative estimate of drug-likeness (QED) is 0.530. The van der Waals surface area contributed by atoms with E-state index in [1.165, 1.54) is 56.3 Å². The molecule has 1 N–H and O–H groups in total. The second-order valence-corrected chi connectivity index (χ2v) is 6.54. The molecule has 0 aliphatic carbocycles. The van der Waals surface area contributed by atoms with Crippen LogP contribution in [-0.4, -0.2) is 23.1 Å². The summed E-state index contributed by atoms with van der Waals surface area (Å²) in [4.78, 5) is 11.6. The van der Waals surface area contributed by atoms with Crippen LogP contribution in [0, 0.1) is 0 Å². The van der Waals surface area contributed by atoms with Gasteiger partial charge in [-0.25, -0.2) is 13.6 Å². The molecule has 0 amide bonds. The fourth-order valence-electron chi connectivity index (χ4n) is 2.71. The van der Waals surface area contributed by atoms with E-state index in [1.54, 1.807) is 0 Å². The molecule has 0 spiro atoms. The summed E-state index contributed by atoms with van der Waals surface area (Å²) in [7, 11) is 0. The van der Waals surface area contributed by atoms with Crippen LogP contribution in [-0.2, 0) is 15.4 Å². The van der Waals surface area contributed by atoms with Gasteiger partial charge in [-0.05, 0) is 49.2 Å². The third-order valence-corrected chi connectivity index (χ3v) is 4.70. The number of aliphatic carboxylic acids is 1. The Morgan fingerprint density at radius 2 is 1.68 bits per heavy atom. The summed E-state index contributed by atoms with van der Waals surface area (Å²) in [5, 5.41) is 9.90. The van der Waals surface area contributed by atoms with E-state index in [2.05, 4.69) is 0 Å². The molecule has 0 aromatic heterocycles. The van der Waals surface area contributed by atoms with Gasteiger partial charge in [-0.2, -0.15) is 4.39 Å². The van der Waals surface area contributed by atoms with Gasteiger partial charge in [-0.15, -0.1) is 0 Å². The van der Waals surface area contributed by atoms with Crippen LogP contribution >= 0.6 is 11.6 Å². The number of carboxylic acid groups (broad SMARTS) is 1. The van der Waals surface area contributed by atoms with E-state index >= 15 is 4.39 Å². The summed E-state index contributed by atoms with van der Waals surface area (Å²) in [6.45, 7) is 2.86. The molecule has 1 unspecified atom stereocenters. The van der Waals surface area contributed by atoms with Crippen LogP contribution in [0.4, 0.5) is 13.2 Å². The lowest BCUT2D eigenvalue weighted by atomic mass is 9.95. The highest BCUT2D eigenvalue weighted by Crippen LogP contribution is 2.44. The van der Waals surface area contributed by atoms with Gasteiger partial charge in [0.05, 0.1) is 5.56 Å². The van der Waals surface area contributed by atoms with Crippen molar-refractivity contribution in [3.05, 3.63) is 59.1 Å². The van der Waals surface area contributed by atoms with Crippen molar-refractivity contribution < 1.29 is 32.5 Å². The lowest BCUT2D eigenvalue weighted by molar-refractivity contribution is -0.285. The van der Waals surface area contributed by atoms with E-state index in [4.69, 9.17) is 21.1 Å². The molecule has 2 aromatic rings. The maximum Gasteiger partial charge on any atom is 0.336 e. The molecular weight excluding hydrogens is 397 g/mol. The Hall–Kier alpha value is -2.25. The second kappa shape index (κ2) is 8.84. The molecule has 4 nitrogen and oxygen atoms in total. The van der Waals surface area contributed by atoms with E-state index in [0.717, 1.165) is 6.07 Å². The average Bonchev–Trinajstić information content (AvgIpc) is 2.68. The third kappa shape index (κ3) is 4.42. The van der Waals surface area contributed by atoms with E-state index in [9.17, 15) is 18.7 Å². The average molecular weight is 417 g/mol. The molecule has 0 bridgehead atoms. The highest BCUT2D eigenvalue weighted by molar-refractivity contribution is 6.30. The van der Waals surface area contributed by atoms with Crippen molar-refractivity contribution in [2.45, 2.75) is 44.6 Å². The highest BCUT2D eigenvalue weighted by atomic mass is 35.5. The van der Waals surface area contributed by atoms with Gasteiger partial charge in [0.25, 0.3) is 0 Å². The molecule has 2 rings (SSSR count). The van der Waals surface area contributed by atoms with Gasteiger partial charge in [0.2, 0.25) is 0 Å². The molecule has 2 aromatic carbocycles. The minimum absolute atomic E-state index is 0.197. The van der Waals surface area contributed by atoms with E-state index in [1.807, 2.05) is 0 Å². The number of carbonyl (C=O) groups is 1. The van der Waals surface area contributed by atoms with Crippen LogP contribution in [0.5, 0.6) is 11.5 Å². The Labute approximate surface area is 165 Å². The minimum atomic E-state index is -3.69. The van der Waals surface area contributed by atoms with Crippen LogP contribution in [0.3, 0.4) is 0 Å². The Morgan fingerprint density at radius 1 is 1.11 bits per heavy atom. The summed E-state index contributed by atoms with van der Waals surface area (Å²) in [6, 6.07) is 11.2. The molecule has 0 aliphatic rings. The van der Waals surface area contributed by atoms with Gasteiger partial charge in [0.1, 0.15) is 11.5 Å². The predicted octanol–water partition coefficient (Wildman–Crippen LogP) is 6.18. The number of benzene rings is 2. The largest absolute Gasteiger partial charge is 0.479 e. The van der Waals surface area contributed by atoms with Gasteiger partial charge in [-0.1, -0.05) is 37.6 Å². The molecule has 1 atom stereocenters. The highest BCUT2D eigenvalue weighted by Gasteiger charge is 2.53. The van der Waals surface area contributed by atoms with Crippen molar-refractivity contribution in [1.29, 1.82) is 0 Å². The zero-order valence-corrected chi connectivity index (χ0v) is 16.1. The monoisotopic (exact) mass is 416 g/mol. The van der Waals surface area contributed by atoms with Crippen LogP contribution in [0.2, 0.25) is 5.02 Å². The topological polar surface area (TPSA) is 55.8 Å². The molecule has 8 heteroatoms. The summed E-state index contributed by atoms with van der Waals surface area (Å²) in [5.74, 6) is -5.19. The first-order valence-electron chi connectivity index (χ1n) is 8.62. The van der Waals surface area contributed by atoms with Crippen molar-refractivity contribution >= 4 is 17.6 Å². The van der Waals surface area contributed by atoms with Crippen LogP contribution in [0.15, 0.2) is 48.5 Å². The molecule has 0 fully saturated rings. The fourth-order valence-corrected chi connectivity index (χ4v) is 2.83. The molecule has 28 heavy (non-hydrogen) atoms. The zero-order valence-electron chi connectivity index (χ0n) is 15.3. The van der Waals surface area contributed by atoms with Gasteiger partial charge in [0, 0.05) is 5.02 Å². The first-order valence-corrected chi connectivity index (χ1v) is 9.00. The van der Waals surface area contributed by atoms with Crippen molar-refractivity contribution in [1.82, 2.24) is 0 Å². The molecule has 0 aliphatic heterocycles. The molecule has 0 heterocycles. The fraction of sp³-hybridized carbons (Fsp3) is 0.350. The lowest BCUT2D eigenvalue weighted by Crippen LogP contribution is -2.49. The van der Waals surface area contributed by atoms with Gasteiger partial charge < -0.3 is 14.6 Å². The van der Waals surface area contributed by atoms with Crippen molar-refractivity contribution in [2.24, 2.45) is 0 Å². The first-order chi connectivity index (χ1) is 13.2. The number of ether oxygens (including phenoxy) is 2. The molecule has 0 saturated carbocycles. The molecule has 0 saturated heterocycles. The zero-order chi connectivity index (χ0) is 20.9. The number of carboxylic acids is 1. The Morgan fingerprint density at radius 3 is 2.18 bits per heavy atom. The Kier molecular flexibility index (Phi) is 6.96. The number of halogens is 4. The third-order valence-electron chi connectivity index (χ3n) is 4.45. The van der Waals surface area contributed by atoms with Crippen molar-refractivity contribution in [3.8, 4) is 11.5 Å². The lowest BCUT2D eigenvalue weighted by Gasteiger charge is -2.36. The Balaban J connectivity index is 2.51. The number of rotatable bonds is 9.